The van der Waals surface area contributed by atoms with E-state index in [0.29, 0.717) is 12.1 Å². The number of anilines is 1. The molecule has 3 aromatic rings. The molecule has 1 atom stereocenters. The lowest BCUT2D eigenvalue weighted by Crippen LogP contribution is -2.55. The van der Waals surface area contributed by atoms with Crippen molar-refractivity contribution in [2.75, 3.05) is 17.1 Å². The van der Waals surface area contributed by atoms with Crippen molar-refractivity contribution in [3.05, 3.63) is 101 Å². The lowest BCUT2D eigenvalue weighted by Gasteiger charge is -2.35. The molecule has 0 bridgehead atoms. The van der Waals surface area contributed by atoms with E-state index in [0.717, 1.165) is 66.2 Å². The summed E-state index contributed by atoms with van der Waals surface area (Å²) in [5.41, 5.74) is 4.90. The standard InChI is InChI=1S/C34H43N3O4S/c1-25-18-20-29(21-19-25)23-36(32(38)24-37(42(4,40)41)33-26(2)12-11-13-27(33)3)31(22-28-14-7-5-8-15-28)34(39)35-30-16-9-6-10-17-30/h5,7-8,11-15,18-21,30-31H,6,9-10,16-17,22-24H2,1-4H3,(H,35,39)/t31-/m1/s1. The predicted octanol–water partition coefficient (Wildman–Crippen LogP) is 5.47. The molecule has 0 saturated heterocycles. The Kier molecular flexibility index (Phi) is 10.4. The number of rotatable bonds is 11. The van der Waals surface area contributed by atoms with Crippen LogP contribution in [0.3, 0.4) is 0 Å². The van der Waals surface area contributed by atoms with E-state index in [1.54, 1.807) is 4.90 Å². The molecule has 1 aliphatic rings. The molecule has 1 aliphatic carbocycles. The fraction of sp³-hybridized carbons (Fsp3) is 0.412. The summed E-state index contributed by atoms with van der Waals surface area (Å²) in [6.45, 7) is 5.45. The maximum absolute atomic E-state index is 14.3. The van der Waals surface area contributed by atoms with E-state index in [1.807, 2.05) is 93.6 Å². The van der Waals surface area contributed by atoms with Gasteiger partial charge in [-0.3, -0.25) is 13.9 Å². The van der Waals surface area contributed by atoms with Crippen LogP contribution in [0, 0.1) is 20.8 Å². The van der Waals surface area contributed by atoms with E-state index in [-0.39, 0.29) is 18.5 Å². The van der Waals surface area contributed by atoms with Crippen molar-refractivity contribution in [3.63, 3.8) is 0 Å². The highest BCUT2D eigenvalue weighted by atomic mass is 32.2. The molecule has 0 heterocycles. The quantitative estimate of drug-likeness (QED) is 0.322. The van der Waals surface area contributed by atoms with Gasteiger partial charge in [0, 0.05) is 19.0 Å². The van der Waals surface area contributed by atoms with E-state index in [4.69, 9.17) is 0 Å². The molecule has 4 rings (SSSR count). The highest BCUT2D eigenvalue weighted by Crippen LogP contribution is 2.27. The van der Waals surface area contributed by atoms with E-state index in [2.05, 4.69) is 5.32 Å². The molecule has 0 unspecified atom stereocenters. The fourth-order valence-corrected chi connectivity index (χ4v) is 6.73. The zero-order chi connectivity index (χ0) is 30.3. The highest BCUT2D eigenvalue weighted by Gasteiger charge is 2.34. The second-order valence-electron chi connectivity index (χ2n) is 11.6. The molecule has 0 radical (unpaired) electrons. The maximum Gasteiger partial charge on any atom is 0.244 e. The Hall–Kier alpha value is -3.65. The van der Waals surface area contributed by atoms with Crippen LogP contribution in [0.1, 0.15) is 59.9 Å². The van der Waals surface area contributed by atoms with E-state index in [9.17, 15) is 18.0 Å². The summed E-state index contributed by atoms with van der Waals surface area (Å²) in [6.07, 6.45) is 6.58. The molecule has 1 saturated carbocycles. The van der Waals surface area contributed by atoms with Crippen molar-refractivity contribution in [3.8, 4) is 0 Å². The Morgan fingerprint density at radius 1 is 0.833 bits per heavy atom. The first-order valence-electron chi connectivity index (χ1n) is 14.8. The van der Waals surface area contributed by atoms with Gasteiger partial charge in [-0.15, -0.1) is 0 Å². The summed E-state index contributed by atoms with van der Waals surface area (Å²) in [6, 6.07) is 22.3. The van der Waals surface area contributed by atoms with Crippen LogP contribution >= 0.6 is 0 Å². The molecule has 7 nitrogen and oxygen atoms in total. The first kappa shape index (κ1) is 31.3. The Bertz CT molecular complexity index is 1450. The van der Waals surface area contributed by atoms with Crippen molar-refractivity contribution in [2.24, 2.45) is 0 Å². The zero-order valence-electron chi connectivity index (χ0n) is 25.2. The van der Waals surface area contributed by atoms with Gasteiger partial charge < -0.3 is 10.2 Å². The second kappa shape index (κ2) is 14.0. The summed E-state index contributed by atoms with van der Waals surface area (Å²) >= 11 is 0. The van der Waals surface area contributed by atoms with Crippen LogP contribution in [0.25, 0.3) is 0 Å². The summed E-state index contributed by atoms with van der Waals surface area (Å²) in [4.78, 5) is 29.9. The maximum atomic E-state index is 14.3. The molecule has 42 heavy (non-hydrogen) atoms. The molecular formula is C34H43N3O4S. The third-order valence-corrected chi connectivity index (χ3v) is 9.18. The SMILES string of the molecule is Cc1ccc(CN(C(=O)CN(c2c(C)cccc2C)S(C)(=O)=O)[C@H](Cc2ccccc2)C(=O)NC2CCCCC2)cc1. The van der Waals surface area contributed by atoms with Gasteiger partial charge in [0.25, 0.3) is 0 Å². The van der Waals surface area contributed by atoms with Crippen LogP contribution in [0.5, 0.6) is 0 Å². The molecular weight excluding hydrogens is 546 g/mol. The van der Waals surface area contributed by atoms with Gasteiger partial charge in [0.05, 0.1) is 11.9 Å². The monoisotopic (exact) mass is 589 g/mol. The van der Waals surface area contributed by atoms with Crippen LogP contribution < -0.4 is 9.62 Å². The van der Waals surface area contributed by atoms with Gasteiger partial charge in [-0.1, -0.05) is 97.6 Å². The summed E-state index contributed by atoms with van der Waals surface area (Å²) < 4.78 is 27.4. The van der Waals surface area contributed by atoms with Crippen LogP contribution in [-0.2, 0) is 32.6 Å². The summed E-state index contributed by atoms with van der Waals surface area (Å²) in [5.74, 6) is -0.632. The number of nitrogens with one attached hydrogen (secondary N) is 1. The first-order chi connectivity index (χ1) is 20.0. The Morgan fingerprint density at radius 2 is 1.45 bits per heavy atom. The third kappa shape index (κ3) is 8.22. The van der Waals surface area contributed by atoms with E-state index < -0.39 is 28.5 Å². The number of nitrogens with zero attached hydrogens (tertiary/aromatic N) is 2. The lowest BCUT2D eigenvalue weighted by molar-refractivity contribution is -0.140. The molecule has 0 aliphatic heterocycles. The molecule has 8 heteroatoms. The van der Waals surface area contributed by atoms with Crippen LogP contribution in [0.2, 0.25) is 0 Å². The molecule has 2 amide bonds. The third-order valence-electron chi connectivity index (χ3n) is 8.06. The Balaban J connectivity index is 1.74. The van der Waals surface area contributed by atoms with Gasteiger partial charge in [-0.2, -0.15) is 0 Å². The number of hydrogen-bond acceptors (Lipinski definition) is 4. The summed E-state index contributed by atoms with van der Waals surface area (Å²) in [7, 11) is -3.81. The Morgan fingerprint density at radius 3 is 2.05 bits per heavy atom. The Labute approximate surface area is 251 Å². The second-order valence-corrected chi connectivity index (χ2v) is 13.5. The van der Waals surface area contributed by atoms with Crippen molar-refractivity contribution in [2.45, 2.75) is 77.9 Å². The van der Waals surface area contributed by atoms with E-state index >= 15 is 0 Å². The van der Waals surface area contributed by atoms with Gasteiger partial charge in [0.1, 0.15) is 12.6 Å². The average molecular weight is 590 g/mol. The van der Waals surface area contributed by atoms with Crippen molar-refractivity contribution in [1.29, 1.82) is 0 Å². The van der Waals surface area contributed by atoms with Gasteiger partial charge in [0.2, 0.25) is 21.8 Å². The molecule has 1 N–H and O–H groups in total. The topological polar surface area (TPSA) is 86.8 Å². The predicted molar refractivity (Wildman–Crippen MR) is 169 cm³/mol. The van der Waals surface area contributed by atoms with E-state index in [1.165, 1.54) is 4.31 Å². The number of para-hydroxylation sites is 1. The molecule has 0 aromatic heterocycles. The number of hydrogen-bond donors (Lipinski definition) is 1. The van der Waals surface area contributed by atoms with Crippen molar-refractivity contribution < 1.29 is 18.0 Å². The minimum atomic E-state index is -3.81. The molecule has 1 fully saturated rings. The average Bonchev–Trinajstić information content (AvgIpc) is 2.95. The smallest absolute Gasteiger partial charge is 0.244 e. The number of benzene rings is 3. The van der Waals surface area contributed by atoms with Crippen LogP contribution in [-0.4, -0.2) is 50.0 Å². The van der Waals surface area contributed by atoms with Gasteiger partial charge in [0.15, 0.2) is 0 Å². The van der Waals surface area contributed by atoms with Crippen molar-refractivity contribution >= 4 is 27.5 Å². The number of aryl methyl sites for hydroxylation is 3. The summed E-state index contributed by atoms with van der Waals surface area (Å²) in [5, 5.41) is 3.24. The fourth-order valence-electron chi connectivity index (χ4n) is 5.76. The number of amides is 2. The van der Waals surface area contributed by atoms with Gasteiger partial charge >= 0.3 is 0 Å². The minimum Gasteiger partial charge on any atom is -0.352 e. The largest absolute Gasteiger partial charge is 0.352 e. The van der Waals surface area contributed by atoms with Crippen LogP contribution in [0.15, 0.2) is 72.8 Å². The number of sulfonamides is 1. The molecule has 0 spiro atoms. The molecule has 224 valence electrons. The normalized spacial score (nSPS) is 14.7. The minimum absolute atomic E-state index is 0.0722. The van der Waals surface area contributed by atoms with Gasteiger partial charge in [-0.05, 0) is 55.9 Å². The lowest BCUT2D eigenvalue weighted by atomic mass is 9.94. The van der Waals surface area contributed by atoms with Gasteiger partial charge in [-0.25, -0.2) is 8.42 Å². The highest BCUT2D eigenvalue weighted by molar-refractivity contribution is 7.92. The van der Waals surface area contributed by atoms with Crippen LogP contribution in [0.4, 0.5) is 5.69 Å². The first-order valence-corrected chi connectivity index (χ1v) is 16.6. The van der Waals surface area contributed by atoms with Crippen molar-refractivity contribution in [1.82, 2.24) is 10.2 Å². The number of carbonyl (C=O) groups is 2. The molecule has 3 aromatic carbocycles. The zero-order valence-corrected chi connectivity index (χ0v) is 26.0. The number of carbonyl (C=O) groups excluding carboxylic acids is 2.